The molecule has 0 amide bonds. The van der Waals surface area contributed by atoms with Gasteiger partial charge in [0.05, 0.1) is 11.6 Å². The van der Waals surface area contributed by atoms with Gasteiger partial charge in [-0.25, -0.2) is 0 Å². The van der Waals surface area contributed by atoms with Gasteiger partial charge in [0.1, 0.15) is 5.82 Å². The van der Waals surface area contributed by atoms with Gasteiger partial charge in [0.15, 0.2) is 5.65 Å². The minimum Gasteiger partial charge on any atom is -0.368 e. The van der Waals surface area contributed by atoms with E-state index in [1.54, 1.807) is 6.20 Å². The van der Waals surface area contributed by atoms with Gasteiger partial charge in [-0.3, -0.25) is 5.10 Å². The molecule has 2 aromatic rings. The van der Waals surface area contributed by atoms with Crippen LogP contribution in [-0.4, -0.2) is 50.7 Å². The van der Waals surface area contributed by atoms with Gasteiger partial charge in [-0.2, -0.15) is 15.1 Å². The van der Waals surface area contributed by atoms with Crippen molar-refractivity contribution in [2.75, 3.05) is 30.7 Å². The highest BCUT2D eigenvalue weighted by molar-refractivity contribution is 5.86. The van der Waals surface area contributed by atoms with Crippen LogP contribution in [0.1, 0.15) is 26.2 Å². The molecule has 20 heavy (non-hydrogen) atoms. The van der Waals surface area contributed by atoms with E-state index in [2.05, 4.69) is 37.3 Å². The Labute approximate surface area is 118 Å². The Balaban J connectivity index is 1.69. The molecule has 1 saturated heterocycles. The molecule has 4 N–H and O–H groups in total. The number of rotatable bonds is 4. The van der Waals surface area contributed by atoms with Gasteiger partial charge in [0, 0.05) is 19.1 Å². The SMILES string of the molecule is CCCN1CCC(Nc2nc(N)nc3[nH]ncc23)CC1. The minimum absolute atomic E-state index is 0.271. The molecule has 1 aliphatic rings. The zero-order valence-electron chi connectivity index (χ0n) is 11.8. The van der Waals surface area contributed by atoms with Crippen LogP contribution < -0.4 is 11.1 Å². The molecule has 0 aliphatic carbocycles. The zero-order valence-corrected chi connectivity index (χ0v) is 11.8. The van der Waals surface area contributed by atoms with E-state index in [9.17, 15) is 0 Å². The first-order valence-electron chi connectivity index (χ1n) is 7.21. The number of piperidine rings is 1. The van der Waals surface area contributed by atoms with Gasteiger partial charge in [0.2, 0.25) is 5.95 Å². The first-order chi connectivity index (χ1) is 9.76. The average Bonchev–Trinajstić information content (AvgIpc) is 2.89. The minimum atomic E-state index is 0.271. The van der Waals surface area contributed by atoms with E-state index in [0.29, 0.717) is 11.7 Å². The number of fused-ring (bicyclic) bond motifs is 1. The quantitative estimate of drug-likeness (QED) is 0.776. The summed E-state index contributed by atoms with van der Waals surface area (Å²) in [7, 11) is 0. The van der Waals surface area contributed by atoms with Crippen LogP contribution in [-0.2, 0) is 0 Å². The van der Waals surface area contributed by atoms with Crippen LogP contribution in [0.4, 0.5) is 11.8 Å². The number of hydrogen-bond acceptors (Lipinski definition) is 6. The van der Waals surface area contributed by atoms with Crippen molar-refractivity contribution in [3.8, 4) is 0 Å². The Bertz CT molecular complexity index is 571. The number of aromatic nitrogens is 4. The normalized spacial score (nSPS) is 17.6. The fourth-order valence-corrected chi connectivity index (χ4v) is 2.77. The van der Waals surface area contributed by atoms with Crippen LogP contribution in [0.3, 0.4) is 0 Å². The summed E-state index contributed by atoms with van der Waals surface area (Å²) in [6.07, 6.45) is 5.21. The summed E-state index contributed by atoms with van der Waals surface area (Å²) in [5.41, 5.74) is 6.42. The number of nitrogens with one attached hydrogen (secondary N) is 2. The molecule has 1 aliphatic heterocycles. The lowest BCUT2D eigenvalue weighted by Crippen LogP contribution is -2.39. The van der Waals surface area contributed by atoms with E-state index in [1.807, 2.05) is 0 Å². The maximum atomic E-state index is 5.73. The second-order valence-corrected chi connectivity index (χ2v) is 5.32. The summed E-state index contributed by atoms with van der Waals surface area (Å²) >= 11 is 0. The molecule has 3 heterocycles. The number of nitrogens with two attached hydrogens (primary N) is 1. The predicted octanol–water partition coefficient (Wildman–Crippen LogP) is 1.22. The second kappa shape index (κ2) is 5.62. The van der Waals surface area contributed by atoms with Crippen molar-refractivity contribution in [2.45, 2.75) is 32.2 Å². The molecule has 0 atom stereocenters. The fourth-order valence-electron chi connectivity index (χ4n) is 2.77. The molecule has 3 rings (SSSR count). The molecule has 2 aromatic heterocycles. The van der Waals surface area contributed by atoms with E-state index in [-0.39, 0.29) is 5.95 Å². The van der Waals surface area contributed by atoms with Crippen molar-refractivity contribution < 1.29 is 0 Å². The van der Waals surface area contributed by atoms with Crippen LogP contribution in [0.15, 0.2) is 6.20 Å². The van der Waals surface area contributed by atoms with Gasteiger partial charge in [0.25, 0.3) is 0 Å². The zero-order chi connectivity index (χ0) is 13.9. The molecule has 7 nitrogen and oxygen atoms in total. The largest absolute Gasteiger partial charge is 0.368 e. The van der Waals surface area contributed by atoms with Crippen molar-refractivity contribution >= 4 is 22.8 Å². The van der Waals surface area contributed by atoms with Gasteiger partial charge in [-0.05, 0) is 25.8 Å². The summed E-state index contributed by atoms with van der Waals surface area (Å²) in [6.45, 7) is 5.70. The van der Waals surface area contributed by atoms with Crippen LogP contribution in [0, 0.1) is 0 Å². The molecule has 0 spiro atoms. The van der Waals surface area contributed by atoms with E-state index in [0.717, 1.165) is 37.1 Å². The van der Waals surface area contributed by atoms with Crippen LogP contribution in [0.2, 0.25) is 0 Å². The molecule has 0 unspecified atom stereocenters. The van der Waals surface area contributed by atoms with Crippen LogP contribution in [0.5, 0.6) is 0 Å². The summed E-state index contributed by atoms with van der Waals surface area (Å²) in [5, 5.41) is 11.2. The Hall–Kier alpha value is -1.89. The molecule has 108 valence electrons. The molecule has 0 saturated carbocycles. The second-order valence-electron chi connectivity index (χ2n) is 5.32. The van der Waals surface area contributed by atoms with Crippen LogP contribution >= 0.6 is 0 Å². The third-order valence-corrected chi connectivity index (χ3v) is 3.80. The lowest BCUT2D eigenvalue weighted by Gasteiger charge is -2.32. The molecular formula is C13H21N7. The summed E-state index contributed by atoms with van der Waals surface area (Å²) < 4.78 is 0. The first-order valence-corrected chi connectivity index (χ1v) is 7.21. The highest BCUT2D eigenvalue weighted by Crippen LogP contribution is 2.22. The van der Waals surface area contributed by atoms with Gasteiger partial charge < -0.3 is 16.0 Å². The fraction of sp³-hybridized carbons (Fsp3) is 0.615. The Kier molecular flexibility index (Phi) is 3.68. The van der Waals surface area contributed by atoms with E-state index in [1.165, 1.54) is 13.0 Å². The Morgan fingerprint density at radius 2 is 2.20 bits per heavy atom. The number of likely N-dealkylation sites (tertiary alicyclic amines) is 1. The highest BCUT2D eigenvalue weighted by Gasteiger charge is 2.20. The van der Waals surface area contributed by atoms with Crippen molar-refractivity contribution in [3.63, 3.8) is 0 Å². The maximum Gasteiger partial charge on any atom is 0.224 e. The first kappa shape index (κ1) is 13.1. The molecule has 0 bridgehead atoms. The number of nitrogen functional groups attached to an aromatic ring is 1. The summed E-state index contributed by atoms with van der Waals surface area (Å²) in [4.78, 5) is 10.9. The Morgan fingerprint density at radius 3 is 2.95 bits per heavy atom. The highest BCUT2D eigenvalue weighted by atomic mass is 15.2. The van der Waals surface area contributed by atoms with Crippen molar-refractivity contribution in [1.82, 2.24) is 25.1 Å². The van der Waals surface area contributed by atoms with E-state index >= 15 is 0 Å². The summed E-state index contributed by atoms with van der Waals surface area (Å²) in [6, 6.07) is 0.440. The lowest BCUT2D eigenvalue weighted by atomic mass is 10.0. The molecule has 7 heteroatoms. The number of anilines is 2. The van der Waals surface area contributed by atoms with Gasteiger partial charge in [-0.1, -0.05) is 6.92 Å². The third kappa shape index (κ3) is 2.67. The maximum absolute atomic E-state index is 5.73. The van der Waals surface area contributed by atoms with Gasteiger partial charge in [-0.15, -0.1) is 0 Å². The molecular weight excluding hydrogens is 254 g/mol. The van der Waals surface area contributed by atoms with E-state index in [4.69, 9.17) is 5.73 Å². The number of hydrogen-bond donors (Lipinski definition) is 3. The van der Waals surface area contributed by atoms with Crippen molar-refractivity contribution in [2.24, 2.45) is 0 Å². The van der Waals surface area contributed by atoms with Crippen LogP contribution in [0.25, 0.3) is 11.0 Å². The lowest BCUT2D eigenvalue weighted by molar-refractivity contribution is 0.219. The number of nitrogens with zero attached hydrogens (tertiary/aromatic N) is 4. The smallest absolute Gasteiger partial charge is 0.224 e. The molecule has 0 radical (unpaired) electrons. The third-order valence-electron chi connectivity index (χ3n) is 3.80. The number of aromatic amines is 1. The topological polar surface area (TPSA) is 95.7 Å². The molecule has 1 fully saturated rings. The summed E-state index contributed by atoms with van der Waals surface area (Å²) in [5.74, 6) is 1.06. The van der Waals surface area contributed by atoms with Gasteiger partial charge >= 0.3 is 0 Å². The number of H-pyrrole nitrogens is 1. The van der Waals surface area contributed by atoms with Crippen molar-refractivity contribution in [3.05, 3.63) is 6.20 Å². The standard InChI is InChI=1S/C13H21N7/c1-2-5-20-6-3-9(4-7-20)16-11-10-8-15-19-12(10)18-13(14)17-11/h8-9H,2-7H2,1H3,(H4,14,15,16,17,18,19). The Morgan fingerprint density at radius 1 is 1.40 bits per heavy atom. The monoisotopic (exact) mass is 275 g/mol. The van der Waals surface area contributed by atoms with E-state index < -0.39 is 0 Å². The molecule has 0 aromatic carbocycles. The predicted molar refractivity (Wildman–Crippen MR) is 79.5 cm³/mol. The average molecular weight is 275 g/mol. The van der Waals surface area contributed by atoms with Crippen molar-refractivity contribution in [1.29, 1.82) is 0 Å².